The van der Waals surface area contributed by atoms with E-state index in [1.807, 2.05) is 0 Å². The Morgan fingerprint density at radius 1 is 1.44 bits per heavy atom. The highest BCUT2D eigenvalue weighted by Gasteiger charge is 2.46. The van der Waals surface area contributed by atoms with E-state index in [0.717, 1.165) is 12.8 Å². The van der Waals surface area contributed by atoms with Crippen LogP contribution in [-0.2, 0) is 14.4 Å². The highest BCUT2D eigenvalue weighted by atomic mass is 16.4. The first-order chi connectivity index (χ1) is 8.45. The van der Waals surface area contributed by atoms with E-state index < -0.39 is 17.6 Å². The van der Waals surface area contributed by atoms with Crippen molar-refractivity contribution in [3.8, 4) is 0 Å². The molecule has 0 aliphatic carbocycles. The van der Waals surface area contributed by atoms with Gasteiger partial charge in [0.05, 0.1) is 0 Å². The van der Waals surface area contributed by atoms with E-state index in [2.05, 4.69) is 5.32 Å². The van der Waals surface area contributed by atoms with Crippen LogP contribution in [-0.4, -0.2) is 45.9 Å². The number of carbonyl (C=O) groups excluding carboxylic acids is 2. The fourth-order valence-electron chi connectivity index (χ4n) is 2.68. The number of carboxylic acid groups (broad SMARTS) is 1. The molecule has 2 saturated heterocycles. The summed E-state index contributed by atoms with van der Waals surface area (Å²) in [7, 11) is 0. The third kappa shape index (κ3) is 2.07. The summed E-state index contributed by atoms with van der Waals surface area (Å²) in [6.07, 6.45) is 2.89. The molecule has 2 fully saturated rings. The maximum absolute atomic E-state index is 12.3. The predicted molar refractivity (Wildman–Crippen MR) is 62.8 cm³/mol. The Balaban J connectivity index is 2.16. The number of rotatable bonds is 2. The monoisotopic (exact) mass is 254 g/mol. The molecule has 6 nitrogen and oxygen atoms in total. The minimum atomic E-state index is -1.14. The van der Waals surface area contributed by atoms with Crippen LogP contribution in [0.1, 0.15) is 39.0 Å². The van der Waals surface area contributed by atoms with E-state index in [-0.39, 0.29) is 11.8 Å². The molecule has 0 radical (unpaired) electrons. The minimum Gasteiger partial charge on any atom is -0.480 e. The molecule has 2 rings (SSSR count). The lowest BCUT2D eigenvalue weighted by Gasteiger charge is -2.42. The van der Waals surface area contributed by atoms with E-state index in [9.17, 15) is 19.5 Å². The van der Waals surface area contributed by atoms with Gasteiger partial charge in [-0.1, -0.05) is 0 Å². The second-order valence-corrected chi connectivity index (χ2v) is 5.18. The van der Waals surface area contributed by atoms with Crippen LogP contribution in [0.2, 0.25) is 0 Å². The van der Waals surface area contributed by atoms with Crippen molar-refractivity contribution in [1.82, 2.24) is 10.2 Å². The number of carbonyl (C=O) groups is 3. The molecule has 18 heavy (non-hydrogen) atoms. The van der Waals surface area contributed by atoms with E-state index in [0.29, 0.717) is 25.8 Å². The highest BCUT2D eigenvalue weighted by molar-refractivity contribution is 5.94. The van der Waals surface area contributed by atoms with Crippen LogP contribution >= 0.6 is 0 Å². The van der Waals surface area contributed by atoms with Gasteiger partial charge in [-0.3, -0.25) is 9.59 Å². The summed E-state index contributed by atoms with van der Waals surface area (Å²) < 4.78 is 0. The number of likely N-dealkylation sites (tertiary alicyclic amines) is 1. The van der Waals surface area contributed by atoms with Gasteiger partial charge in [0.15, 0.2) is 0 Å². The maximum Gasteiger partial charge on any atom is 0.329 e. The minimum absolute atomic E-state index is 0.137. The number of amides is 2. The van der Waals surface area contributed by atoms with Crippen LogP contribution in [0.4, 0.5) is 0 Å². The zero-order valence-corrected chi connectivity index (χ0v) is 10.4. The van der Waals surface area contributed by atoms with Crippen LogP contribution in [0, 0.1) is 0 Å². The van der Waals surface area contributed by atoms with Gasteiger partial charge in [-0.2, -0.15) is 0 Å². The second-order valence-electron chi connectivity index (χ2n) is 5.18. The van der Waals surface area contributed by atoms with Crippen molar-refractivity contribution in [3.05, 3.63) is 0 Å². The van der Waals surface area contributed by atoms with Gasteiger partial charge < -0.3 is 15.3 Å². The Labute approximate surface area is 105 Å². The Hall–Kier alpha value is -1.59. The summed E-state index contributed by atoms with van der Waals surface area (Å²) in [4.78, 5) is 36.3. The van der Waals surface area contributed by atoms with Crippen molar-refractivity contribution in [2.45, 2.75) is 50.6 Å². The molecule has 0 aromatic heterocycles. The second kappa shape index (κ2) is 4.59. The van der Waals surface area contributed by atoms with Gasteiger partial charge in [0.25, 0.3) is 0 Å². The maximum atomic E-state index is 12.3. The Bertz CT molecular complexity index is 396. The number of hydrogen-bond acceptors (Lipinski definition) is 3. The number of nitrogens with one attached hydrogen (secondary N) is 1. The molecule has 2 atom stereocenters. The Kier molecular flexibility index (Phi) is 3.28. The van der Waals surface area contributed by atoms with Gasteiger partial charge in [0.2, 0.25) is 11.8 Å². The smallest absolute Gasteiger partial charge is 0.329 e. The van der Waals surface area contributed by atoms with Crippen LogP contribution in [0.3, 0.4) is 0 Å². The number of piperidine rings is 1. The van der Waals surface area contributed by atoms with Gasteiger partial charge in [-0.05, 0) is 32.6 Å². The molecule has 1 unspecified atom stereocenters. The molecule has 2 N–H and O–H groups in total. The molecular weight excluding hydrogens is 236 g/mol. The quantitative estimate of drug-likeness (QED) is 0.733. The van der Waals surface area contributed by atoms with Gasteiger partial charge in [0, 0.05) is 13.0 Å². The predicted octanol–water partition coefficient (Wildman–Crippen LogP) is 0.121. The number of hydrogen-bond donors (Lipinski definition) is 2. The summed E-state index contributed by atoms with van der Waals surface area (Å²) >= 11 is 0. The molecule has 100 valence electrons. The number of aliphatic carboxylic acids is 1. The van der Waals surface area contributed by atoms with Gasteiger partial charge in [-0.15, -0.1) is 0 Å². The van der Waals surface area contributed by atoms with Gasteiger partial charge in [0.1, 0.15) is 11.6 Å². The first-order valence-corrected chi connectivity index (χ1v) is 6.29. The first-order valence-electron chi connectivity index (χ1n) is 6.29. The SMILES string of the molecule is CC1(C(=O)O)CCCCN1C(=O)[C@@H]1CCC(=O)N1. The van der Waals surface area contributed by atoms with Crippen molar-refractivity contribution in [3.63, 3.8) is 0 Å². The van der Waals surface area contributed by atoms with Crippen LogP contribution < -0.4 is 5.32 Å². The molecule has 2 heterocycles. The zero-order chi connectivity index (χ0) is 13.3. The molecule has 2 aliphatic rings. The molecule has 6 heteroatoms. The lowest BCUT2D eigenvalue weighted by molar-refractivity contribution is -0.161. The van der Waals surface area contributed by atoms with Crippen molar-refractivity contribution < 1.29 is 19.5 Å². The molecule has 2 aliphatic heterocycles. The molecule has 0 saturated carbocycles. The lowest BCUT2D eigenvalue weighted by Crippen LogP contribution is -2.60. The van der Waals surface area contributed by atoms with Crippen molar-refractivity contribution in [1.29, 1.82) is 0 Å². The molecule has 0 spiro atoms. The largest absolute Gasteiger partial charge is 0.480 e. The first kappa shape index (κ1) is 12.9. The normalized spacial score (nSPS) is 32.2. The summed E-state index contributed by atoms with van der Waals surface area (Å²) in [6.45, 7) is 2.04. The molecule has 2 amide bonds. The molecule has 0 aromatic rings. The molecule has 0 aromatic carbocycles. The van der Waals surface area contributed by atoms with Crippen LogP contribution in [0.5, 0.6) is 0 Å². The average Bonchev–Trinajstić information content (AvgIpc) is 2.75. The zero-order valence-electron chi connectivity index (χ0n) is 10.4. The van der Waals surface area contributed by atoms with Crippen molar-refractivity contribution in [2.24, 2.45) is 0 Å². The van der Waals surface area contributed by atoms with E-state index in [1.54, 1.807) is 6.92 Å². The standard InChI is InChI=1S/C12H18N2O4/c1-12(11(17)18)6-2-3-7-14(12)10(16)8-4-5-9(15)13-8/h8H,2-7H2,1H3,(H,13,15)(H,17,18)/t8-,12?/m0/s1. The Morgan fingerprint density at radius 3 is 2.72 bits per heavy atom. The highest BCUT2D eigenvalue weighted by Crippen LogP contribution is 2.29. The lowest BCUT2D eigenvalue weighted by atomic mass is 9.87. The van der Waals surface area contributed by atoms with Crippen molar-refractivity contribution in [2.75, 3.05) is 6.54 Å². The number of carboxylic acids is 1. The van der Waals surface area contributed by atoms with Crippen LogP contribution in [0.25, 0.3) is 0 Å². The van der Waals surface area contributed by atoms with E-state index >= 15 is 0 Å². The van der Waals surface area contributed by atoms with Crippen LogP contribution in [0.15, 0.2) is 0 Å². The van der Waals surface area contributed by atoms with Gasteiger partial charge >= 0.3 is 5.97 Å². The topological polar surface area (TPSA) is 86.7 Å². The van der Waals surface area contributed by atoms with E-state index in [4.69, 9.17) is 0 Å². The van der Waals surface area contributed by atoms with Gasteiger partial charge in [-0.25, -0.2) is 4.79 Å². The number of nitrogens with zero attached hydrogens (tertiary/aromatic N) is 1. The average molecular weight is 254 g/mol. The van der Waals surface area contributed by atoms with E-state index in [1.165, 1.54) is 4.90 Å². The molecule has 0 bridgehead atoms. The third-order valence-corrected chi connectivity index (χ3v) is 3.91. The summed E-state index contributed by atoms with van der Waals surface area (Å²) in [5.41, 5.74) is -1.14. The fraction of sp³-hybridized carbons (Fsp3) is 0.750. The summed E-state index contributed by atoms with van der Waals surface area (Å²) in [6, 6.07) is -0.547. The summed E-state index contributed by atoms with van der Waals surface area (Å²) in [5.74, 6) is -1.37. The third-order valence-electron chi connectivity index (χ3n) is 3.91. The Morgan fingerprint density at radius 2 is 2.17 bits per heavy atom. The molecular formula is C12H18N2O4. The fourth-order valence-corrected chi connectivity index (χ4v) is 2.68. The summed E-state index contributed by atoms with van der Waals surface area (Å²) in [5, 5.41) is 11.9. The van der Waals surface area contributed by atoms with Crippen molar-refractivity contribution >= 4 is 17.8 Å².